The lowest BCUT2D eigenvalue weighted by Gasteiger charge is -2.18. The molecule has 0 bridgehead atoms. The fraction of sp³-hybridized carbons (Fsp3) is 0.571. The summed E-state index contributed by atoms with van der Waals surface area (Å²) in [5, 5.41) is 20.6. The zero-order chi connectivity index (χ0) is 14.3. The molecule has 0 radical (unpaired) electrons. The van der Waals surface area contributed by atoms with Crippen molar-refractivity contribution in [1.29, 1.82) is 0 Å². The Bertz CT molecular complexity index is 537. The molecule has 108 valence electrons. The van der Waals surface area contributed by atoms with Crippen molar-refractivity contribution in [2.45, 2.75) is 25.5 Å². The normalized spacial score (nSPS) is 29.6. The van der Waals surface area contributed by atoms with Gasteiger partial charge in [0.2, 0.25) is 0 Å². The molecule has 1 heterocycles. The smallest absolute Gasteiger partial charge is 0.272 e. The molecular weight excluding hydrogens is 263 g/mol. The van der Waals surface area contributed by atoms with E-state index in [0.29, 0.717) is 23.9 Å². The highest BCUT2D eigenvalue weighted by Gasteiger charge is 2.41. The molecule has 0 spiro atoms. The molecule has 2 fully saturated rings. The summed E-state index contributed by atoms with van der Waals surface area (Å²) in [4.78, 5) is 12.3. The van der Waals surface area contributed by atoms with Gasteiger partial charge in [-0.2, -0.15) is 0 Å². The largest absolute Gasteiger partial charge is 0.393 e. The van der Waals surface area contributed by atoms with Crippen molar-refractivity contribution in [3.8, 4) is 0 Å². The van der Waals surface area contributed by atoms with Crippen LogP contribution in [0.4, 0.5) is 10.1 Å². The Morgan fingerprint density at radius 2 is 2.15 bits per heavy atom. The Morgan fingerprint density at radius 1 is 1.35 bits per heavy atom. The second kappa shape index (κ2) is 5.10. The average Bonchev–Trinajstić information content (AvgIpc) is 2.91. The van der Waals surface area contributed by atoms with Crippen LogP contribution in [0.3, 0.4) is 0 Å². The average molecular weight is 280 g/mol. The number of nitro benzene ring substituents is 1. The maximum Gasteiger partial charge on any atom is 0.272 e. The number of nitro groups is 1. The monoisotopic (exact) mass is 280 g/mol. The fourth-order valence-electron chi connectivity index (χ4n) is 3.55. The van der Waals surface area contributed by atoms with Crippen LogP contribution in [-0.4, -0.2) is 34.1 Å². The molecule has 1 aromatic rings. The number of non-ortho nitro benzene ring substituents is 1. The SMILES string of the molecule is O=[N+]([O-])c1cc(F)cc(CN2CC3CCC(O)C3C2)c1. The summed E-state index contributed by atoms with van der Waals surface area (Å²) in [5.74, 6) is 0.237. The Hall–Kier alpha value is -1.53. The number of hydrogen-bond acceptors (Lipinski definition) is 4. The van der Waals surface area contributed by atoms with Gasteiger partial charge < -0.3 is 5.11 Å². The first kappa shape index (κ1) is 13.5. The van der Waals surface area contributed by atoms with Gasteiger partial charge in [-0.3, -0.25) is 15.0 Å². The molecule has 3 rings (SSSR count). The predicted octanol–water partition coefficient (Wildman–Crippen LogP) is 1.94. The lowest BCUT2D eigenvalue weighted by atomic mass is 10.00. The quantitative estimate of drug-likeness (QED) is 0.678. The van der Waals surface area contributed by atoms with E-state index >= 15 is 0 Å². The molecule has 1 saturated heterocycles. The van der Waals surface area contributed by atoms with E-state index in [1.165, 1.54) is 12.1 Å². The van der Waals surface area contributed by atoms with Gasteiger partial charge in [0.25, 0.3) is 5.69 Å². The number of hydrogen-bond donors (Lipinski definition) is 1. The maximum atomic E-state index is 13.4. The second-order valence-electron chi connectivity index (χ2n) is 5.84. The first-order valence-electron chi connectivity index (χ1n) is 6.87. The third-order valence-electron chi connectivity index (χ3n) is 4.45. The summed E-state index contributed by atoms with van der Waals surface area (Å²) >= 11 is 0. The number of nitrogens with zero attached hydrogens (tertiary/aromatic N) is 2. The second-order valence-corrected chi connectivity index (χ2v) is 5.84. The van der Waals surface area contributed by atoms with E-state index < -0.39 is 10.7 Å². The topological polar surface area (TPSA) is 66.6 Å². The van der Waals surface area contributed by atoms with Crippen LogP contribution in [0.1, 0.15) is 18.4 Å². The molecule has 6 heteroatoms. The highest BCUT2D eigenvalue weighted by atomic mass is 19.1. The van der Waals surface area contributed by atoms with Crippen LogP contribution < -0.4 is 0 Å². The third-order valence-corrected chi connectivity index (χ3v) is 4.45. The summed E-state index contributed by atoms with van der Waals surface area (Å²) in [7, 11) is 0. The van der Waals surface area contributed by atoms with Crippen LogP contribution in [0, 0.1) is 27.8 Å². The summed E-state index contributed by atoms with van der Waals surface area (Å²) in [6.45, 7) is 2.17. The van der Waals surface area contributed by atoms with Crippen molar-refractivity contribution in [3.63, 3.8) is 0 Å². The summed E-state index contributed by atoms with van der Waals surface area (Å²) in [6, 6.07) is 3.71. The van der Waals surface area contributed by atoms with Crippen molar-refractivity contribution in [2.24, 2.45) is 11.8 Å². The van der Waals surface area contributed by atoms with Crippen LogP contribution in [0.25, 0.3) is 0 Å². The first-order valence-corrected chi connectivity index (χ1v) is 6.87. The highest BCUT2D eigenvalue weighted by Crippen LogP contribution is 2.38. The number of halogens is 1. The third kappa shape index (κ3) is 2.53. The summed E-state index contributed by atoms with van der Waals surface area (Å²) in [5.41, 5.74) is 0.408. The van der Waals surface area contributed by atoms with E-state index in [1.54, 1.807) is 0 Å². The van der Waals surface area contributed by atoms with Crippen molar-refractivity contribution < 1.29 is 14.4 Å². The van der Waals surface area contributed by atoms with Crippen LogP contribution in [-0.2, 0) is 6.54 Å². The number of fused-ring (bicyclic) bond motifs is 1. The Kier molecular flexibility index (Phi) is 3.43. The van der Waals surface area contributed by atoms with E-state index in [0.717, 1.165) is 32.0 Å². The van der Waals surface area contributed by atoms with E-state index in [-0.39, 0.29) is 11.8 Å². The molecule has 1 N–H and O–H groups in total. The minimum atomic E-state index is -0.575. The number of rotatable bonds is 3. The zero-order valence-electron chi connectivity index (χ0n) is 11.0. The molecule has 20 heavy (non-hydrogen) atoms. The lowest BCUT2D eigenvalue weighted by molar-refractivity contribution is -0.385. The maximum absolute atomic E-state index is 13.4. The molecule has 3 unspecified atom stereocenters. The molecule has 1 aliphatic heterocycles. The predicted molar refractivity (Wildman–Crippen MR) is 70.6 cm³/mol. The first-order chi connectivity index (χ1) is 9.52. The molecule has 3 atom stereocenters. The van der Waals surface area contributed by atoms with Gasteiger partial charge in [-0.05, 0) is 30.4 Å². The molecule has 1 saturated carbocycles. The van der Waals surface area contributed by atoms with Gasteiger partial charge in [-0.1, -0.05) is 0 Å². The van der Waals surface area contributed by atoms with Crippen molar-refractivity contribution in [1.82, 2.24) is 4.90 Å². The fourth-order valence-corrected chi connectivity index (χ4v) is 3.55. The van der Waals surface area contributed by atoms with Crippen LogP contribution >= 0.6 is 0 Å². The van der Waals surface area contributed by atoms with E-state index in [4.69, 9.17) is 0 Å². The van der Waals surface area contributed by atoms with Crippen LogP contribution in [0.2, 0.25) is 0 Å². The molecule has 2 aliphatic rings. The van der Waals surface area contributed by atoms with Gasteiger partial charge in [0.05, 0.1) is 17.1 Å². The van der Waals surface area contributed by atoms with Gasteiger partial charge in [0.1, 0.15) is 5.82 Å². The zero-order valence-corrected chi connectivity index (χ0v) is 11.0. The van der Waals surface area contributed by atoms with E-state index in [9.17, 15) is 19.6 Å². The van der Waals surface area contributed by atoms with Gasteiger partial charge >= 0.3 is 0 Å². The molecule has 0 amide bonds. The summed E-state index contributed by atoms with van der Waals surface area (Å²) in [6.07, 6.45) is 1.67. The molecule has 0 aromatic heterocycles. The van der Waals surface area contributed by atoms with Crippen molar-refractivity contribution >= 4 is 5.69 Å². The van der Waals surface area contributed by atoms with E-state index in [2.05, 4.69) is 4.90 Å². The minimum absolute atomic E-state index is 0.209. The molecule has 1 aliphatic carbocycles. The number of benzene rings is 1. The summed E-state index contributed by atoms with van der Waals surface area (Å²) < 4.78 is 13.4. The number of aliphatic hydroxyl groups is 1. The Labute approximate surface area is 116 Å². The highest BCUT2D eigenvalue weighted by molar-refractivity contribution is 5.35. The van der Waals surface area contributed by atoms with Crippen LogP contribution in [0.15, 0.2) is 18.2 Å². The minimum Gasteiger partial charge on any atom is -0.393 e. The molecular formula is C14H17FN2O3. The lowest BCUT2D eigenvalue weighted by Crippen LogP contribution is -2.24. The molecule has 5 nitrogen and oxygen atoms in total. The number of likely N-dealkylation sites (tertiary alicyclic amines) is 1. The van der Waals surface area contributed by atoms with Gasteiger partial charge in [0.15, 0.2) is 0 Å². The van der Waals surface area contributed by atoms with Crippen molar-refractivity contribution in [3.05, 3.63) is 39.7 Å². The Morgan fingerprint density at radius 3 is 2.85 bits per heavy atom. The van der Waals surface area contributed by atoms with E-state index in [1.807, 2.05) is 0 Å². The standard InChI is InChI=1S/C14H17FN2O3/c15-11-3-9(4-12(5-11)17(19)20)6-16-7-10-1-2-14(18)13(10)8-16/h3-5,10,13-14,18H,1-2,6-8H2. The number of aliphatic hydroxyl groups excluding tert-OH is 1. The van der Waals surface area contributed by atoms with Crippen LogP contribution in [0.5, 0.6) is 0 Å². The molecule has 1 aromatic carbocycles. The Balaban J connectivity index is 1.71. The van der Waals surface area contributed by atoms with Gasteiger partial charge in [-0.25, -0.2) is 4.39 Å². The van der Waals surface area contributed by atoms with Gasteiger partial charge in [-0.15, -0.1) is 0 Å². The van der Waals surface area contributed by atoms with Crippen molar-refractivity contribution in [2.75, 3.05) is 13.1 Å². The van der Waals surface area contributed by atoms with Gasteiger partial charge in [0, 0.05) is 31.6 Å².